The van der Waals surface area contributed by atoms with Gasteiger partial charge >= 0.3 is 0 Å². The number of benzene rings is 1. The largest absolute Gasteiger partial charge is 0.356 e. The minimum absolute atomic E-state index is 0.326. The second kappa shape index (κ2) is 8.15. The van der Waals surface area contributed by atoms with Crippen molar-refractivity contribution in [1.29, 1.82) is 0 Å². The van der Waals surface area contributed by atoms with E-state index in [1.807, 2.05) is 0 Å². The van der Waals surface area contributed by atoms with Crippen LogP contribution in [0.15, 0.2) is 29.6 Å². The molecule has 0 aliphatic rings. The first-order chi connectivity index (χ1) is 12.2. The molecule has 0 atom stereocenters. The van der Waals surface area contributed by atoms with Crippen LogP contribution >= 0.6 is 22.9 Å². The van der Waals surface area contributed by atoms with E-state index in [2.05, 4.69) is 65.3 Å². The Morgan fingerprint density at radius 3 is 2.48 bits per heavy atom. The highest BCUT2D eigenvalue weighted by molar-refractivity contribution is 7.17. The molecule has 132 valence electrons. The van der Waals surface area contributed by atoms with Crippen molar-refractivity contribution in [3.63, 3.8) is 0 Å². The number of hydrogen-bond donors (Lipinski definition) is 0. The SMILES string of the molecule is CCCCN(CC)c1nc(Cl)nc2scc(-c3ccc(CC)cc3)c12. The fourth-order valence-electron chi connectivity index (χ4n) is 3.02. The van der Waals surface area contributed by atoms with Crippen molar-refractivity contribution in [3.05, 3.63) is 40.5 Å². The van der Waals surface area contributed by atoms with Crippen LogP contribution in [0.5, 0.6) is 0 Å². The van der Waals surface area contributed by atoms with Gasteiger partial charge in [-0.05, 0) is 42.5 Å². The number of fused-ring (bicyclic) bond motifs is 1. The Morgan fingerprint density at radius 2 is 1.84 bits per heavy atom. The monoisotopic (exact) mass is 373 g/mol. The number of halogens is 1. The number of aromatic nitrogens is 2. The molecule has 0 aliphatic carbocycles. The van der Waals surface area contributed by atoms with Gasteiger partial charge in [0.2, 0.25) is 5.28 Å². The molecule has 2 aromatic heterocycles. The number of thiophene rings is 1. The minimum Gasteiger partial charge on any atom is -0.356 e. The van der Waals surface area contributed by atoms with Gasteiger partial charge in [0.1, 0.15) is 10.6 Å². The third kappa shape index (κ3) is 3.80. The van der Waals surface area contributed by atoms with E-state index in [9.17, 15) is 0 Å². The van der Waals surface area contributed by atoms with Crippen LogP contribution in [0.1, 0.15) is 39.2 Å². The molecule has 0 N–H and O–H groups in total. The zero-order valence-electron chi connectivity index (χ0n) is 15.1. The highest BCUT2D eigenvalue weighted by atomic mass is 35.5. The lowest BCUT2D eigenvalue weighted by molar-refractivity contribution is 0.726. The first-order valence-corrected chi connectivity index (χ1v) is 10.2. The van der Waals surface area contributed by atoms with Crippen LogP contribution in [0, 0.1) is 0 Å². The van der Waals surface area contributed by atoms with E-state index in [-0.39, 0.29) is 0 Å². The smallest absolute Gasteiger partial charge is 0.225 e. The molecule has 3 rings (SSSR count). The molecule has 0 saturated heterocycles. The van der Waals surface area contributed by atoms with E-state index in [0.29, 0.717) is 5.28 Å². The zero-order chi connectivity index (χ0) is 17.8. The first kappa shape index (κ1) is 18.2. The van der Waals surface area contributed by atoms with E-state index in [1.54, 1.807) is 11.3 Å². The van der Waals surface area contributed by atoms with E-state index in [1.165, 1.54) is 16.7 Å². The van der Waals surface area contributed by atoms with Crippen LogP contribution in [-0.4, -0.2) is 23.1 Å². The Hall–Kier alpha value is -1.65. The second-order valence-electron chi connectivity index (χ2n) is 6.13. The lowest BCUT2D eigenvalue weighted by Gasteiger charge is -2.23. The Bertz CT molecular complexity index is 842. The summed E-state index contributed by atoms with van der Waals surface area (Å²) in [6, 6.07) is 8.79. The molecule has 5 heteroatoms. The molecule has 0 spiro atoms. The zero-order valence-corrected chi connectivity index (χ0v) is 16.6. The van der Waals surface area contributed by atoms with Crippen molar-refractivity contribution in [2.75, 3.05) is 18.0 Å². The molecule has 3 nitrogen and oxygen atoms in total. The topological polar surface area (TPSA) is 29.0 Å². The van der Waals surface area contributed by atoms with Crippen molar-refractivity contribution >= 4 is 39.0 Å². The van der Waals surface area contributed by atoms with E-state index < -0.39 is 0 Å². The van der Waals surface area contributed by atoms with E-state index in [4.69, 9.17) is 11.6 Å². The minimum atomic E-state index is 0.326. The van der Waals surface area contributed by atoms with Crippen LogP contribution in [0.4, 0.5) is 5.82 Å². The van der Waals surface area contributed by atoms with Gasteiger partial charge in [-0.3, -0.25) is 0 Å². The molecular formula is C20H24ClN3S. The molecule has 0 unspecified atom stereocenters. The quantitative estimate of drug-likeness (QED) is 0.461. The third-order valence-electron chi connectivity index (χ3n) is 4.52. The summed E-state index contributed by atoms with van der Waals surface area (Å²) >= 11 is 7.85. The Balaban J connectivity index is 2.13. The van der Waals surface area contributed by atoms with Crippen molar-refractivity contribution < 1.29 is 0 Å². The number of hydrogen-bond acceptors (Lipinski definition) is 4. The first-order valence-electron chi connectivity index (χ1n) is 8.96. The van der Waals surface area contributed by atoms with Gasteiger partial charge in [-0.25, -0.2) is 4.98 Å². The number of anilines is 1. The van der Waals surface area contributed by atoms with Crippen LogP contribution < -0.4 is 4.90 Å². The molecule has 2 heterocycles. The second-order valence-corrected chi connectivity index (χ2v) is 7.33. The van der Waals surface area contributed by atoms with E-state index in [0.717, 1.165) is 48.4 Å². The van der Waals surface area contributed by atoms with Crippen molar-refractivity contribution in [3.8, 4) is 11.1 Å². The van der Waals surface area contributed by atoms with Crippen molar-refractivity contribution in [2.45, 2.75) is 40.0 Å². The summed E-state index contributed by atoms with van der Waals surface area (Å²) in [5.41, 5.74) is 3.76. The molecular weight excluding hydrogens is 350 g/mol. The van der Waals surface area contributed by atoms with Crippen LogP contribution in [0.3, 0.4) is 0 Å². The summed E-state index contributed by atoms with van der Waals surface area (Å²) in [4.78, 5) is 12.3. The standard InChI is InChI=1S/C20H24ClN3S/c1-4-7-12-24(6-3)18-17-16(13-25-19(17)23-20(21)22-18)15-10-8-14(5-2)9-11-15/h8-11,13H,4-7,12H2,1-3H3. The fourth-order valence-corrected chi connectivity index (χ4v) is 4.18. The predicted molar refractivity (Wildman–Crippen MR) is 110 cm³/mol. The number of unbranched alkanes of at least 4 members (excludes halogenated alkanes) is 1. The van der Waals surface area contributed by atoms with Gasteiger partial charge in [0.05, 0.1) is 5.39 Å². The highest BCUT2D eigenvalue weighted by Crippen LogP contribution is 2.39. The molecule has 3 aromatic rings. The number of aryl methyl sites for hydroxylation is 1. The molecule has 0 saturated carbocycles. The third-order valence-corrected chi connectivity index (χ3v) is 5.56. The molecule has 0 amide bonds. The van der Waals surface area contributed by atoms with Crippen LogP contribution in [0.2, 0.25) is 5.28 Å². The lowest BCUT2D eigenvalue weighted by Crippen LogP contribution is -2.25. The van der Waals surface area contributed by atoms with Gasteiger partial charge in [-0.2, -0.15) is 4.98 Å². The Morgan fingerprint density at radius 1 is 1.08 bits per heavy atom. The molecule has 0 aliphatic heterocycles. The maximum Gasteiger partial charge on any atom is 0.225 e. The molecule has 25 heavy (non-hydrogen) atoms. The maximum absolute atomic E-state index is 6.21. The summed E-state index contributed by atoms with van der Waals surface area (Å²) < 4.78 is 0. The molecule has 0 fully saturated rings. The van der Waals surface area contributed by atoms with Gasteiger partial charge in [0, 0.05) is 24.0 Å². The lowest BCUT2D eigenvalue weighted by atomic mass is 10.0. The number of rotatable bonds is 7. The summed E-state index contributed by atoms with van der Waals surface area (Å²) in [6.07, 6.45) is 3.35. The highest BCUT2D eigenvalue weighted by Gasteiger charge is 2.18. The van der Waals surface area contributed by atoms with Gasteiger partial charge < -0.3 is 4.90 Å². The summed E-state index contributed by atoms with van der Waals surface area (Å²) in [6.45, 7) is 8.45. The normalized spacial score (nSPS) is 11.2. The van der Waals surface area contributed by atoms with Crippen LogP contribution in [0.25, 0.3) is 21.3 Å². The van der Waals surface area contributed by atoms with Crippen molar-refractivity contribution in [2.24, 2.45) is 0 Å². The van der Waals surface area contributed by atoms with Gasteiger partial charge in [-0.1, -0.05) is 44.5 Å². The maximum atomic E-state index is 6.21. The average Bonchev–Trinajstić information content (AvgIpc) is 3.06. The summed E-state index contributed by atoms with van der Waals surface area (Å²) in [5.74, 6) is 0.960. The predicted octanol–water partition coefficient (Wildman–Crippen LogP) is 6.20. The van der Waals surface area contributed by atoms with Gasteiger partial charge in [0.25, 0.3) is 0 Å². The average molecular weight is 374 g/mol. The molecule has 0 radical (unpaired) electrons. The number of nitrogens with zero attached hydrogens (tertiary/aromatic N) is 3. The van der Waals surface area contributed by atoms with E-state index >= 15 is 0 Å². The van der Waals surface area contributed by atoms with Crippen LogP contribution in [-0.2, 0) is 6.42 Å². The summed E-state index contributed by atoms with van der Waals surface area (Å²) in [7, 11) is 0. The Kier molecular flexibility index (Phi) is 5.92. The Labute approximate surface area is 158 Å². The molecule has 0 bridgehead atoms. The summed E-state index contributed by atoms with van der Waals surface area (Å²) in [5, 5.41) is 3.62. The van der Waals surface area contributed by atoms with Gasteiger partial charge in [0.15, 0.2) is 0 Å². The fraction of sp³-hybridized carbons (Fsp3) is 0.400. The van der Waals surface area contributed by atoms with Gasteiger partial charge in [-0.15, -0.1) is 11.3 Å². The molecule has 1 aromatic carbocycles. The van der Waals surface area contributed by atoms with Crippen molar-refractivity contribution in [1.82, 2.24) is 9.97 Å².